The van der Waals surface area contributed by atoms with Gasteiger partial charge in [0.25, 0.3) is 5.91 Å². The molecule has 1 amide bonds. The Labute approximate surface area is 151 Å². The first-order valence-electron chi connectivity index (χ1n) is 7.99. The van der Waals surface area contributed by atoms with E-state index in [1.807, 2.05) is 18.2 Å². The molecule has 0 aliphatic carbocycles. The van der Waals surface area contributed by atoms with Crippen LogP contribution in [0.2, 0.25) is 0 Å². The van der Waals surface area contributed by atoms with Crippen molar-refractivity contribution in [2.45, 2.75) is 19.9 Å². The summed E-state index contributed by atoms with van der Waals surface area (Å²) in [6.07, 6.45) is 0.874. The summed E-state index contributed by atoms with van der Waals surface area (Å²) in [5, 5.41) is 6.34. The minimum atomic E-state index is -0.0975. The molecule has 0 aliphatic rings. The molecule has 128 valence electrons. The van der Waals surface area contributed by atoms with Gasteiger partial charge in [-0.15, -0.1) is 0 Å². The highest BCUT2D eigenvalue weighted by Crippen LogP contribution is 2.22. The number of carbonyl (C=O) groups is 1. The Morgan fingerprint density at radius 2 is 1.96 bits per heavy atom. The van der Waals surface area contributed by atoms with Crippen LogP contribution in [-0.4, -0.2) is 26.1 Å². The second-order valence-corrected chi connectivity index (χ2v) is 6.41. The summed E-state index contributed by atoms with van der Waals surface area (Å²) in [4.78, 5) is 12.2. The van der Waals surface area contributed by atoms with Gasteiger partial charge in [-0.2, -0.15) is 0 Å². The van der Waals surface area contributed by atoms with Crippen molar-refractivity contribution in [1.82, 2.24) is 10.6 Å². The van der Waals surface area contributed by atoms with Crippen molar-refractivity contribution in [1.29, 1.82) is 0 Å². The number of carbonyl (C=O) groups excluding carboxylic acids is 1. The van der Waals surface area contributed by atoms with E-state index in [4.69, 9.17) is 4.74 Å². The van der Waals surface area contributed by atoms with Gasteiger partial charge in [-0.25, -0.2) is 0 Å². The number of hydrogen-bond donors (Lipinski definition) is 2. The first-order chi connectivity index (χ1) is 11.6. The van der Waals surface area contributed by atoms with Crippen LogP contribution in [0.3, 0.4) is 0 Å². The van der Waals surface area contributed by atoms with Gasteiger partial charge in [0.1, 0.15) is 5.75 Å². The van der Waals surface area contributed by atoms with Crippen molar-refractivity contribution < 1.29 is 9.53 Å². The number of aryl methyl sites for hydroxylation is 1. The first-order valence-corrected chi connectivity index (χ1v) is 8.78. The molecule has 0 bridgehead atoms. The molecule has 2 aromatic carbocycles. The van der Waals surface area contributed by atoms with Crippen molar-refractivity contribution >= 4 is 21.8 Å². The highest BCUT2D eigenvalue weighted by molar-refractivity contribution is 9.10. The molecular formula is C19H23BrN2O2. The molecule has 0 radical (unpaired) electrons. The van der Waals surface area contributed by atoms with Crippen molar-refractivity contribution in [3.05, 3.63) is 63.6 Å². The number of nitrogens with one attached hydrogen (secondary N) is 2. The molecule has 0 saturated carbocycles. The van der Waals surface area contributed by atoms with E-state index in [0.717, 1.165) is 24.0 Å². The van der Waals surface area contributed by atoms with E-state index in [1.54, 1.807) is 13.2 Å². The maximum atomic E-state index is 12.2. The van der Waals surface area contributed by atoms with Crippen LogP contribution < -0.4 is 15.4 Å². The molecule has 0 aromatic heterocycles. The Morgan fingerprint density at radius 1 is 1.17 bits per heavy atom. The van der Waals surface area contributed by atoms with Gasteiger partial charge >= 0.3 is 0 Å². The third kappa shape index (κ3) is 5.35. The van der Waals surface area contributed by atoms with Gasteiger partial charge in [0.15, 0.2) is 0 Å². The fraction of sp³-hybridized carbons (Fsp3) is 0.316. The number of benzene rings is 2. The van der Waals surface area contributed by atoms with Crippen LogP contribution in [0, 0.1) is 6.92 Å². The molecule has 5 heteroatoms. The Kier molecular flexibility index (Phi) is 7.28. The predicted molar refractivity (Wildman–Crippen MR) is 101 cm³/mol. The zero-order valence-corrected chi connectivity index (χ0v) is 15.7. The van der Waals surface area contributed by atoms with Crippen LogP contribution in [0.1, 0.15) is 27.9 Å². The zero-order chi connectivity index (χ0) is 17.4. The number of methoxy groups -OCH3 is 1. The molecule has 0 spiro atoms. The number of hydrogen-bond acceptors (Lipinski definition) is 3. The summed E-state index contributed by atoms with van der Waals surface area (Å²) < 4.78 is 5.92. The molecule has 4 nitrogen and oxygen atoms in total. The largest absolute Gasteiger partial charge is 0.497 e. The Hall–Kier alpha value is -1.85. The second kappa shape index (κ2) is 9.45. The van der Waals surface area contributed by atoms with Gasteiger partial charge in [0.05, 0.1) is 12.7 Å². The lowest BCUT2D eigenvalue weighted by molar-refractivity contribution is 0.0952. The predicted octanol–water partition coefficient (Wildman–Crippen LogP) is 3.68. The molecule has 0 fully saturated rings. The van der Waals surface area contributed by atoms with E-state index in [1.165, 1.54) is 11.1 Å². The molecule has 0 saturated heterocycles. The monoisotopic (exact) mass is 390 g/mol. The molecule has 0 aliphatic heterocycles. The molecular weight excluding hydrogens is 368 g/mol. The van der Waals surface area contributed by atoms with E-state index >= 15 is 0 Å². The van der Waals surface area contributed by atoms with Gasteiger partial charge in [0.2, 0.25) is 0 Å². The van der Waals surface area contributed by atoms with Crippen LogP contribution in [-0.2, 0) is 6.54 Å². The van der Waals surface area contributed by atoms with E-state index in [9.17, 15) is 4.79 Å². The van der Waals surface area contributed by atoms with Crippen LogP contribution in [0.15, 0.2) is 46.9 Å². The van der Waals surface area contributed by atoms with Crippen LogP contribution in [0.5, 0.6) is 5.75 Å². The van der Waals surface area contributed by atoms with Gasteiger partial charge in [-0.1, -0.05) is 24.3 Å². The minimum absolute atomic E-state index is 0.0975. The zero-order valence-electron chi connectivity index (χ0n) is 14.1. The number of rotatable bonds is 8. The molecule has 2 aromatic rings. The average Bonchev–Trinajstić information content (AvgIpc) is 2.59. The summed E-state index contributed by atoms with van der Waals surface area (Å²) in [5.41, 5.74) is 3.19. The Morgan fingerprint density at radius 3 is 2.71 bits per heavy atom. The Bertz CT molecular complexity index is 689. The van der Waals surface area contributed by atoms with Crippen molar-refractivity contribution in [2.24, 2.45) is 0 Å². The van der Waals surface area contributed by atoms with E-state index in [2.05, 4.69) is 51.7 Å². The smallest absolute Gasteiger partial charge is 0.252 e. The number of halogens is 1. The third-order valence-corrected chi connectivity index (χ3v) is 4.50. The average molecular weight is 391 g/mol. The molecule has 24 heavy (non-hydrogen) atoms. The fourth-order valence-corrected chi connectivity index (χ4v) is 2.77. The lowest BCUT2D eigenvalue weighted by Gasteiger charge is -2.10. The molecule has 2 rings (SSSR count). The molecule has 0 unspecified atom stereocenters. The molecule has 0 atom stereocenters. The SMILES string of the molecule is COc1ccc(Br)c(C(=O)NCCCNCc2ccccc2C)c1. The Balaban J connectivity index is 1.71. The fourth-order valence-electron chi connectivity index (χ4n) is 2.35. The lowest BCUT2D eigenvalue weighted by Crippen LogP contribution is -2.27. The number of ether oxygens (including phenoxy) is 1. The molecule has 0 heterocycles. The second-order valence-electron chi connectivity index (χ2n) is 5.56. The van der Waals surface area contributed by atoms with Crippen LogP contribution >= 0.6 is 15.9 Å². The summed E-state index contributed by atoms with van der Waals surface area (Å²) in [6, 6.07) is 13.7. The maximum Gasteiger partial charge on any atom is 0.252 e. The maximum absolute atomic E-state index is 12.2. The quantitative estimate of drug-likeness (QED) is 0.675. The normalized spacial score (nSPS) is 10.5. The van der Waals surface area contributed by atoms with Crippen molar-refractivity contribution in [2.75, 3.05) is 20.2 Å². The van der Waals surface area contributed by atoms with Crippen molar-refractivity contribution in [3.8, 4) is 5.75 Å². The number of amides is 1. The standard InChI is InChI=1S/C19H23BrN2O2/c1-14-6-3-4-7-15(14)13-21-10-5-11-22-19(23)17-12-16(24-2)8-9-18(17)20/h3-4,6-9,12,21H,5,10-11,13H2,1-2H3,(H,22,23). The van der Waals surface area contributed by atoms with Crippen molar-refractivity contribution in [3.63, 3.8) is 0 Å². The highest BCUT2D eigenvalue weighted by atomic mass is 79.9. The minimum Gasteiger partial charge on any atom is -0.497 e. The molecule has 2 N–H and O–H groups in total. The van der Waals surface area contributed by atoms with Gasteiger partial charge in [0, 0.05) is 17.6 Å². The third-order valence-electron chi connectivity index (χ3n) is 3.81. The van der Waals surface area contributed by atoms with E-state index in [-0.39, 0.29) is 5.91 Å². The summed E-state index contributed by atoms with van der Waals surface area (Å²) in [6.45, 7) is 4.45. The van der Waals surface area contributed by atoms with E-state index in [0.29, 0.717) is 17.9 Å². The lowest BCUT2D eigenvalue weighted by atomic mass is 10.1. The summed E-state index contributed by atoms with van der Waals surface area (Å²) >= 11 is 3.40. The van der Waals surface area contributed by atoms with Gasteiger partial charge in [-0.3, -0.25) is 4.79 Å². The van der Waals surface area contributed by atoms with Crippen LogP contribution in [0.4, 0.5) is 0 Å². The topological polar surface area (TPSA) is 50.4 Å². The van der Waals surface area contributed by atoms with Crippen LogP contribution in [0.25, 0.3) is 0 Å². The van der Waals surface area contributed by atoms with E-state index < -0.39 is 0 Å². The highest BCUT2D eigenvalue weighted by Gasteiger charge is 2.10. The first kappa shape index (κ1) is 18.5. The summed E-state index contributed by atoms with van der Waals surface area (Å²) in [5.74, 6) is 0.572. The van der Waals surface area contributed by atoms with Gasteiger partial charge in [-0.05, 0) is 65.1 Å². The summed E-state index contributed by atoms with van der Waals surface area (Å²) in [7, 11) is 1.59. The van der Waals surface area contributed by atoms with Gasteiger partial charge < -0.3 is 15.4 Å².